The topological polar surface area (TPSA) is 59.3 Å². The number of H-pyrrole nitrogens is 1. The van der Waals surface area contributed by atoms with Gasteiger partial charge in [0.25, 0.3) is 0 Å². The lowest BCUT2D eigenvalue weighted by molar-refractivity contribution is 0.641. The third-order valence-electron chi connectivity index (χ3n) is 3.09. The van der Waals surface area contributed by atoms with Gasteiger partial charge in [0.2, 0.25) is 0 Å². The number of para-hydroxylation sites is 1. The lowest BCUT2D eigenvalue weighted by atomic mass is 10.1. The van der Waals surface area contributed by atoms with E-state index in [0.29, 0.717) is 0 Å². The van der Waals surface area contributed by atoms with Crippen LogP contribution in [0.25, 0.3) is 10.9 Å². The number of aromatic nitrogens is 1. The van der Waals surface area contributed by atoms with Crippen molar-refractivity contribution in [2.75, 3.05) is 6.54 Å². The molecule has 0 unspecified atom stereocenters. The Bertz CT molecular complexity index is 488. The molecule has 1 aromatic carbocycles. The summed E-state index contributed by atoms with van der Waals surface area (Å²) < 4.78 is 0. The second kappa shape index (κ2) is 3.68. The number of rotatable bonds is 0. The number of hydrogen-bond donors (Lipinski definition) is 2. The molecule has 1 aliphatic heterocycles. The fourth-order valence-corrected chi connectivity index (χ4v) is 2.32. The van der Waals surface area contributed by atoms with Crippen molar-refractivity contribution in [1.82, 2.24) is 10.3 Å². The zero-order valence-electron chi connectivity index (χ0n) is 8.85. The van der Waals surface area contributed by atoms with E-state index in [4.69, 9.17) is 0 Å². The van der Waals surface area contributed by atoms with E-state index >= 15 is 0 Å². The van der Waals surface area contributed by atoms with Crippen molar-refractivity contribution in [3.05, 3.63) is 35.0 Å². The molecule has 0 saturated heterocycles. The van der Waals surface area contributed by atoms with Crippen molar-refractivity contribution in [1.29, 1.82) is 0 Å². The maximum Gasteiger partial charge on any atom is 0.0489 e. The molecule has 0 fully saturated rings. The van der Waals surface area contributed by atoms with Gasteiger partial charge in [0.05, 0.1) is 0 Å². The predicted molar refractivity (Wildman–Crippen MR) is 62.1 cm³/mol. The maximum atomic E-state index is 3.54. The van der Waals surface area contributed by atoms with Crippen LogP contribution < -0.4 is 5.32 Å². The number of fused-ring (bicyclic) bond motifs is 3. The molecule has 3 rings (SSSR count). The van der Waals surface area contributed by atoms with Gasteiger partial charge in [-0.15, -0.1) is 0 Å². The third-order valence-corrected chi connectivity index (χ3v) is 3.09. The van der Waals surface area contributed by atoms with Crippen LogP contribution in [-0.4, -0.2) is 17.0 Å². The van der Waals surface area contributed by atoms with Gasteiger partial charge in [-0.2, -0.15) is 0 Å². The smallest absolute Gasteiger partial charge is 0.0489 e. The maximum absolute atomic E-state index is 3.54. The molecular formula is C12H16N2O. The van der Waals surface area contributed by atoms with E-state index in [1.165, 1.54) is 27.7 Å². The molecule has 0 aliphatic carbocycles. The summed E-state index contributed by atoms with van der Waals surface area (Å²) in [7, 11) is 0. The van der Waals surface area contributed by atoms with Gasteiger partial charge in [-0.1, -0.05) is 18.2 Å². The van der Waals surface area contributed by atoms with Crippen molar-refractivity contribution < 1.29 is 5.48 Å². The largest absolute Gasteiger partial charge is 0.412 e. The molecule has 0 bridgehead atoms. The lowest BCUT2D eigenvalue weighted by Gasteiger charge is -2.12. The fourth-order valence-electron chi connectivity index (χ4n) is 2.32. The second-order valence-electron chi connectivity index (χ2n) is 4.01. The molecule has 0 spiro atoms. The Morgan fingerprint density at radius 3 is 3.00 bits per heavy atom. The molecule has 0 amide bonds. The highest BCUT2D eigenvalue weighted by Gasteiger charge is 2.14. The van der Waals surface area contributed by atoms with Crippen molar-refractivity contribution in [3.63, 3.8) is 0 Å². The van der Waals surface area contributed by atoms with E-state index in [1.54, 1.807) is 0 Å². The Hall–Kier alpha value is -1.32. The zero-order chi connectivity index (χ0) is 9.54. The van der Waals surface area contributed by atoms with Gasteiger partial charge in [0.1, 0.15) is 0 Å². The summed E-state index contributed by atoms with van der Waals surface area (Å²) in [6.45, 7) is 4.27. The van der Waals surface area contributed by atoms with Crippen molar-refractivity contribution >= 4 is 10.9 Å². The van der Waals surface area contributed by atoms with Crippen LogP contribution in [0.5, 0.6) is 0 Å². The average molecular weight is 204 g/mol. The Balaban J connectivity index is 0.000000853. The number of nitrogens with one attached hydrogen (secondary N) is 2. The molecule has 2 aromatic rings. The van der Waals surface area contributed by atoms with Gasteiger partial charge in [-0.05, 0) is 18.1 Å². The zero-order valence-corrected chi connectivity index (χ0v) is 8.85. The average Bonchev–Trinajstić information content (AvgIpc) is 2.59. The van der Waals surface area contributed by atoms with Gasteiger partial charge < -0.3 is 15.8 Å². The summed E-state index contributed by atoms with van der Waals surface area (Å²) in [6.07, 6.45) is 1.13. The molecule has 4 N–H and O–H groups in total. The quantitative estimate of drug-likeness (QED) is 0.667. The first-order chi connectivity index (χ1) is 6.86. The molecule has 15 heavy (non-hydrogen) atoms. The van der Waals surface area contributed by atoms with Crippen LogP contribution in [0, 0.1) is 6.92 Å². The minimum Gasteiger partial charge on any atom is -0.412 e. The van der Waals surface area contributed by atoms with Gasteiger partial charge in [0.15, 0.2) is 0 Å². The Kier molecular flexibility index (Phi) is 2.50. The minimum atomic E-state index is 0. The fraction of sp³-hybridized carbons (Fsp3) is 0.333. The molecule has 80 valence electrons. The molecule has 3 nitrogen and oxygen atoms in total. The molecule has 3 heteroatoms. The summed E-state index contributed by atoms with van der Waals surface area (Å²) in [5, 5.41) is 4.81. The molecule has 0 radical (unpaired) electrons. The number of aromatic amines is 1. The predicted octanol–water partition coefficient (Wildman–Crippen LogP) is 1.30. The van der Waals surface area contributed by atoms with Gasteiger partial charge in [0, 0.05) is 36.1 Å². The molecule has 1 aliphatic rings. The first-order valence-corrected chi connectivity index (χ1v) is 5.16. The summed E-state index contributed by atoms with van der Waals surface area (Å²) in [5.74, 6) is 0. The van der Waals surface area contributed by atoms with E-state index in [-0.39, 0.29) is 5.48 Å². The summed E-state index contributed by atoms with van der Waals surface area (Å²) >= 11 is 0. The van der Waals surface area contributed by atoms with Gasteiger partial charge in [-0.25, -0.2) is 0 Å². The van der Waals surface area contributed by atoms with E-state index < -0.39 is 0 Å². The number of hydrogen-bond acceptors (Lipinski definition) is 1. The highest BCUT2D eigenvalue weighted by atomic mass is 16.0. The molecule has 1 aromatic heterocycles. The van der Waals surface area contributed by atoms with E-state index in [9.17, 15) is 0 Å². The first-order valence-electron chi connectivity index (χ1n) is 5.16. The third kappa shape index (κ3) is 1.44. The molecule has 0 saturated carbocycles. The van der Waals surface area contributed by atoms with Gasteiger partial charge in [-0.3, -0.25) is 0 Å². The molecular weight excluding hydrogens is 188 g/mol. The number of benzene rings is 1. The summed E-state index contributed by atoms with van der Waals surface area (Å²) in [4.78, 5) is 3.54. The summed E-state index contributed by atoms with van der Waals surface area (Å²) in [6, 6.07) is 6.52. The Morgan fingerprint density at radius 2 is 2.13 bits per heavy atom. The SMILES string of the molecule is Cc1cccc2c3c([nH]c12)CCNC3.O. The molecule has 2 heterocycles. The van der Waals surface area contributed by atoms with Crippen molar-refractivity contribution in [3.8, 4) is 0 Å². The highest BCUT2D eigenvalue weighted by molar-refractivity contribution is 5.87. The van der Waals surface area contributed by atoms with Crippen molar-refractivity contribution in [2.45, 2.75) is 19.9 Å². The highest BCUT2D eigenvalue weighted by Crippen LogP contribution is 2.26. The standard InChI is InChI=1S/C12H14N2.H2O/c1-8-3-2-4-9-10-7-13-6-5-11(10)14-12(8)9;/h2-4,13-14H,5-7H2,1H3;1H2. The van der Waals surface area contributed by atoms with E-state index in [0.717, 1.165) is 19.5 Å². The van der Waals surface area contributed by atoms with Crippen LogP contribution in [0.15, 0.2) is 18.2 Å². The van der Waals surface area contributed by atoms with E-state index in [1.807, 2.05) is 0 Å². The normalized spacial score (nSPS) is 14.7. The molecule has 0 atom stereocenters. The summed E-state index contributed by atoms with van der Waals surface area (Å²) in [5.41, 5.74) is 5.56. The monoisotopic (exact) mass is 204 g/mol. The minimum absolute atomic E-state index is 0. The van der Waals surface area contributed by atoms with Crippen LogP contribution in [0.2, 0.25) is 0 Å². The van der Waals surface area contributed by atoms with Crippen LogP contribution >= 0.6 is 0 Å². The van der Waals surface area contributed by atoms with Crippen LogP contribution in [0.3, 0.4) is 0 Å². The Labute approximate surface area is 88.8 Å². The van der Waals surface area contributed by atoms with Crippen LogP contribution in [-0.2, 0) is 13.0 Å². The second-order valence-corrected chi connectivity index (χ2v) is 4.01. The lowest BCUT2D eigenvalue weighted by Crippen LogP contribution is -2.22. The first kappa shape index (κ1) is 10.2. The van der Waals surface area contributed by atoms with E-state index in [2.05, 4.69) is 35.4 Å². The Morgan fingerprint density at radius 1 is 1.27 bits per heavy atom. The van der Waals surface area contributed by atoms with Crippen LogP contribution in [0.1, 0.15) is 16.8 Å². The van der Waals surface area contributed by atoms with Gasteiger partial charge >= 0.3 is 0 Å². The van der Waals surface area contributed by atoms with Crippen LogP contribution in [0.4, 0.5) is 0 Å². The number of aryl methyl sites for hydroxylation is 1. The van der Waals surface area contributed by atoms with Crippen molar-refractivity contribution in [2.24, 2.45) is 0 Å².